The Kier molecular flexibility index (Phi) is 4.65. The third-order valence-electron chi connectivity index (χ3n) is 2.83. The van der Waals surface area contributed by atoms with Crippen molar-refractivity contribution < 1.29 is 14.7 Å². The Hall–Kier alpha value is -0.850. The summed E-state index contributed by atoms with van der Waals surface area (Å²) in [6, 6.07) is 4.43. The molecule has 1 atom stereocenters. The second-order valence-corrected chi connectivity index (χ2v) is 6.26. The first-order chi connectivity index (χ1) is 9.04. The molecular weight excluding hydrogens is 306 g/mol. The molecule has 0 aromatic heterocycles. The summed E-state index contributed by atoms with van der Waals surface area (Å²) in [5, 5.41) is 9.46. The van der Waals surface area contributed by atoms with Crippen molar-refractivity contribution in [3.05, 3.63) is 28.8 Å². The summed E-state index contributed by atoms with van der Waals surface area (Å²) in [5.41, 5.74) is 0.363. The van der Waals surface area contributed by atoms with E-state index in [0.717, 1.165) is 4.90 Å². The number of carboxylic acid groups (broad SMARTS) is 1. The Balaban J connectivity index is 2.31. The number of carbonyl (C=O) groups excluding carboxylic acids is 1. The van der Waals surface area contributed by atoms with Crippen molar-refractivity contribution in [1.82, 2.24) is 4.90 Å². The number of rotatable bonds is 3. The lowest BCUT2D eigenvalue weighted by atomic mass is 10.1. The normalized spacial score (nSPS) is 18.6. The molecule has 0 aliphatic carbocycles. The second-order valence-electron chi connectivity index (χ2n) is 3.97. The predicted molar refractivity (Wildman–Crippen MR) is 78.2 cm³/mol. The molecule has 102 valence electrons. The molecule has 0 saturated carbocycles. The Labute approximate surface area is 124 Å². The predicted octanol–water partition coefficient (Wildman–Crippen LogP) is 2.66. The van der Waals surface area contributed by atoms with E-state index < -0.39 is 12.0 Å². The van der Waals surface area contributed by atoms with Gasteiger partial charge in [-0.2, -0.15) is 0 Å². The molecule has 19 heavy (non-hydrogen) atoms. The van der Waals surface area contributed by atoms with Gasteiger partial charge in [0.15, 0.2) is 0 Å². The molecule has 1 aromatic carbocycles. The van der Waals surface area contributed by atoms with Crippen molar-refractivity contribution in [2.75, 3.05) is 17.9 Å². The van der Waals surface area contributed by atoms with Crippen LogP contribution in [0.15, 0.2) is 23.1 Å². The first-order valence-electron chi connectivity index (χ1n) is 5.49. The van der Waals surface area contributed by atoms with E-state index in [1.54, 1.807) is 12.1 Å². The number of hydrogen-bond donors (Lipinski definition) is 1. The van der Waals surface area contributed by atoms with Gasteiger partial charge in [-0.05, 0) is 24.5 Å². The lowest BCUT2D eigenvalue weighted by Crippen LogP contribution is -2.41. The van der Waals surface area contributed by atoms with E-state index in [1.807, 2.05) is 12.3 Å². The number of nitrogens with zero attached hydrogens (tertiary/aromatic N) is 1. The lowest BCUT2D eigenvalue weighted by Gasteiger charge is -2.21. The monoisotopic (exact) mass is 317 g/mol. The highest BCUT2D eigenvalue weighted by Gasteiger charge is 2.35. The standard InChI is InChI=1S/C12H12ClNO3S2/c1-18-7-2-3-9(13)8(4-7)11(15)14-6-19-5-10(14)12(16)17/h2-4,10H,5-6H2,1H3,(H,16,17)/t10-/m0/s1. The van der Waals surface area contributed by atoms with Crippen LogP contribution in [0.25, 0.3) is 0 Å². The summed E-state index contributed by atoms with van der Waals surface area (Å²) < 4.78 is 0. The smallest absolute Gasteiger partial charge is 0.327 e. The quantitative estimate of drug-likeness (QED) is 0.869. The van der Waals surface area contributed by atoms with Crippen LogP contribution in [0.2, 0.25) is 5.02 Å². The van der Waals surface area contributed by atoms with Crippen molar-refractivity contribution in [2.24, 2.45) is 0 Å². The fraction of sp³-hybridized carbons (Fsp3) is 0.333. The van der Waals surface area contributed by atoms with Gasteiger partial charge in [0.2, 0.25) is 0 Å². The summed E-state index contributed by atoms with van der Waals surface area (Å²) in [6.07, 6.45) is 1.91. The highest BCUT2D eigenvalue weighted by molar-refractivity contribution is 7.99. The van der Waals surface area contributed by atoms with Crippen LogP contribution < -0.4 is 0 Å². The SMILES string of the molecule is CSc1ccc(Cl)c(C(=O)N2CSC[C@H]2C(=O)O)c1. The minimum Gasteiger partial charge on any atom is -0.480 e. The second kappa shape index (κ2) is 6.07. The van der Waals surface area contributed by atoms with Gasteiger partial charge >= 0.3 is 5.97 Å². The van der Waals surface area contributed by atoms with Crippen LogP contribution in [0.1, 0.15) is 10.4 Å². The van der Waals surface area contributed by atoms with Gasteiger partial charge in [0, 0.05) is 10.6 Å². The molecule has 1 N–H and O–H groups in total. The molecule has 1 aliphatic heterocycles. The van der Waals surface area contributed by atoms with Gasteiger partial charge in [-0.1, -0.05) is 11.6 Å². The van der Waals surface area contributed by atoms with E-state index in [0.29, 0.717) is 22.2 Å². The summed E-state index contributed by atoms with van der Waals surface area (Å²) >= 11 is 8.98. The number of carboxylic acids is 1. The van der Waals surface area contributed by atoms with Gasteiger partial charge in [0.1, 0.15) is 6.04 Å². The molecule has 2 rings (SSSR count). The molecule has 0 unspecified atom stereocenters. The Morgan fingerprint density at radius 2 is 2.26 bits per heavy atom. The van der Waals surface area contributed by atoms with Crippen LogP contribution in [0.4, 0.5) is 0 Å². The Bertz CT molecular complexity index is 524. The molecule has 1 aromatic rings. The summed E-state index contributed by atoms with van der Waals surface area (Å²) in [5.74, 6) is -0.495. The third-order valence-corrected chi connectivity index (χ3v) is 4.90. The zero-order valence-electron chi connectivity index (χ0n) is 10.1. The van der Waals surface area contributed by atoms with Crippen molar-refractivity contribution in [3.8, 4) is 0 Å². The first kappa shape index (κ1) is 14.6. The van der Waals surface area contributed by atoms with Gasteiger partial charge in [-0.15, -0.1) is 23.5 Å². The Morgan fingerprint density at radius 3 is 2.89 bits per heavy atom. The molecule has 1 heterocycles. The highest BCUT2D eigenvalue weighted by Crippen LogP contribution is 2.28. The molecular formula is C12H12ClNO3S2. The Morgan fingerprint density at radius 1 is 1.53 bits per heavy atom. The maximum absolute atomic E-state index is 12.4. The van der Waals surface area contributed by atoms with E-state index in [4.69, 9.17) is 16.7 Å². The molecule has 0 spiro atoms. The van der Waals surface area contributed by atoms with Crippen molar-refractivity contribution in [3.63, 3.8) is 0 Å². The van der Waals surface area contributed by atoms with Crippen LogP contribution in [-0.2, 0) is 4.79 Å². The summed E-state index contributed by atoms with van der Waals surface area (Å²) in [7, 11) is 0. The molecule has 0 radical (unpaired) electrons. The van der Waals surface area contributed by atoms with Crippen molar-refractivity contribution in [1.29, 1.82) is 0 Å². The average molecular weight is 318 g/mol. The number of amides is 1. The van der Waals surface area contributed by atoms with Gasteiger partial charge in [-0.3, -0.25) is 4.79 Å². The van der Waals surface area contributed by atoms with E-state index in [1.165, 1.54) is 28.4 Å². The fourth-order valence-electron chi connectivity index (χ4n) is 1.80. The van der Waals surface area contributed by atoms with Gasteiger partial charge in [-0.25, -0.2) is 4.79 Å². The molecule has 4 nitrogen and oxygen atoms in total. The summed E-state index contributed by atoms with van der Waals surface area (Å²) in [4.78, 5) is 25.8. The fourth-order valence-corrected chi connectivity index (χ4v) is 3.58. The van der Waals surface area contributed by atoms with Crippen LogP contribution in [0.5, 0.6) is 0 Å². The zero-order chi connectivity index (χ0) is 14.0. The number of halogens is 1. The van der Waals surface area contributed by atoms with E-state index in [2.05, 4.69) is 0 Å². The van der Waals surface area contributed by atoms with Gasteiger partial charge < -0.3 is 10.0 Å². The van der Waals surface area contributed by atoms with Crippen LogP contribution >= 0.6 is 35.1 Å². The lowest BCUT2D eigenvalue weighted by molar-refractivity contribution is -0.140. The number of thioether (sulfide) groups is 2. The average Bonchev–Trinajstić information content (AvgIpc) is 2.88. The van der Waals surface area contributed by atoms with Crippen LogP contribution in [0.3, 0.4) is 0 Å². The van der Waals surface area contributed by atoms with Crippen LogP contribution in [-0.4, -0.2) is 45.8 Å². The largest absolute Gasteiger partial charge is 0.480 e. The zero-order valence-corrected chi connectivity index (χ0v) is 12.5. The van der Waals surface area contributed by atoms with Crippen molar-refractivity contribution >= 4 is 47.0 Å². The molecule has 1 aliphatic rings. The molecule has 0 bridgehead atoms. The summed E-state index contributed by atoms with van der Waals surface area (Å²) in [6.45, 7) is 0. The number of hydrogen-bond acceptors (Lipinski definition) is 4. The van der Waals surface area contributed by atoms with Gasteiger partial charge in [0.25, 0.3) is 5.91 Å². The maximum Gasteiger partial charge on any atom is 0.327 e. The molecule has 1 amide bonds. The van der Waals surface area contributed by atoms with Crippen LogP contribution in [0, 0.1) is 0 Å². The van der Waals surface area contributed by atoms with E-state index in [9.17, 15) is 9.59 Å². The molecule has 7 heteroatoms. The first-order valence-corrected chi connectivity index (χ1v) is 8.25. The minimum atomic E-state index is -0.976. The molecule has 1 saturated heterocycles. The van der Waals surface area contributed by atoms with E-state index >= 15 is 0 Å². The van der Waals surface area contributed by atoms with E-state index in [-0.39, 0.29) is 5.91 Å². The number of benzene rings is 1. The van der Waals surface area contributed by atoms with Gasteiger partial charge in [0.05, 0.1) is 16.5 Å². The topological polar surface area (TPSA) is 57.6 Å². The number of aliphatic carboxylic acids is 1. The maximum atomic E-state index is 12.4. The third kappa shape index (κ3) is 3.01. The number of carbonyl (C=O) groups is 2. The molecule has 1 fully saturated rings. The van der Waals surface area contributed by atoms with Crippen molar-refractivity contribution in [2.45, 2.75) is 10.9 Å². The highest BCUT2D eigenvalue weighted by atomic mass is 35.5. The minimum absolute atomic E-state index is 0.321.